The number of benzene rings is 1. The van der Waals surface area contributed by atoms with Gasteiger partial charge in [0.25, 0.3) is 0 Å². The lowest BCUT2D eigenvalue weighted by Crippen LogP contribution is -2.13. The number of anilines is 1. The van der Waals surface area contributed by atoms with Gasteiger partial charge in [-0.1, -0.05) is 12.1 Å². The Kier molecular flexibility index (Phi) is 5.60. The van der Waals surface area contributed by atoms with Gasteiger partial charge in [-0.25, -0.2) is 4.79 Å². The molecule has 96 valence electrons. The van der Waals surface area contributed by atoms with Gasteiger partial charge in [-0.15, -0.1) is 0 Å². The summed E-state index contributed by atoms with van der Waals surface area (Å²) in [5.41, 5.74) is 1.34. The molecule has 0 heterocycles. The van der Waals surface area contributed by atoms with Crippen LogP contribution in [0, 0.1) is 0 Å². The van der Waals surface area contributed by atoms with Crippen molar-refractivity contribution in [1.82, 2.24) is 0 Å². The molecule has 0 aromatic heterocycles. The molecule has 0 aliphatic heterocycles. The topological polar surface area (TPSA) is 75.6 Å². The molecule has 0 radical (unpaired) electrons. The first kappa shape index (κ1) is 13.9. The first-order valence-corrected chi connectivity index (χ1v) is 5.41. The van der Waals surface area contributed by atoms with Crippen molar-refractivity contribution in [3.8, 4) is 0 Å². The standard InChI is InChI=1S/C13H15NO4/c1-18-8-7-12(15)14-11-4-2-3-10(9-11)5-6-13(16)17/h2-6,9H,7-8H2,1H3,(H,14,15)(H,16,17). The van der Waals surface area contributed by atoms with E-state index >= 15 is 0 Å². The summed E-state index contributed by atoms with van der Waals surface area (Å²) in [6.07, 6.45) is 2.80. The third-order valence-electron chi connectivity index (χ3n) is 2.12. The number of amides is 1. The second-order valence-electron chi connectivity index (χ2n) is 3.59. The molecule has 0 saturated carbocycles. The molecule has 0 unspecified atom stereocenters. The van der Waals surface area contributed by atoms with Crippen LogP contribution in [0.3, 0.4) is 0 Å². The summed E-state index contributed by atoms with van der Waals surface area (Å²) in [5.74, 6) is -1.15. The quantitative estimate of drug-likeness (QED) is 0.753. The van der Waals surface area contributed by atoms with Crippen LogP contribution in [0.25, 0.3) is 6.08 Å². The zero-order valence-electron chi connectivity index (χ0n) is 10.1. The number of carboxylic acid groups (broad SMARTS) is 1. The highest BCUT2D eigenvalue weighted by atomic mass is 16.5. The summed E-state index contributed by atoms with van der Waals surface area (Å²) in [5, 5.41) is 11.2. The van der Waals surface area contributed by atoms with Crippen molar-refractivity contribution in [3.05, 3.63) is 35.9 Å². The summed E-state index contributed by atoms with van der Waals surface area (Å²) in [6.45, 7) is 0.366. The Morgan fingerprint density at radius 1 is 1.44 bits per heavy atom. The van der Waals surface area contributed by atoms with Crippen LogP contribution in [-0.2, 0) is 14.3 Å². The molecular weight excluding hydrogens is 234 g/mol. The minimum Gasteiger partial charge on any atom is -0.478 e. The molecular formula is C13H15NO4. The molecule has 1 rings (SSSR count). The van der Waals surface area contributed by atoms with E-state index in [2.05, 4.69) is 5.32 Å². The number of ether oxygens (including phenoxy) is 1. The van der Waals surface area contributed by atoms with Gasteiger partial charge in [0.2, 0.25) is 5.91 Å². The second kappa shape index (κ2) is 7.24. The predicted octanol–water partition coefficient (Wildman–Crippen LogP) is 1.76. The molecule has 18 heavy (non-hydrogen) atoms. The number of aliphatic carboxylic acids is 1. The minimum atomic E-state index is -1.01. The second-order valence-corrected chi connectivity index (χ2v) is 3.59. The van der Waals surface area contributed by atoms with Crippen molar-refractivity contribution in [3.63, 3.8) is 0 Å². The van der Waals surface area contributed by atoms with Crippen LogP contribution in [0.4, 0.5) is 5.69 Å². The zero-order chi connectivity index (χ0) is 13.4. The van der Waals surface area contributed by atoms with Gasteiger partial charge in [-0.3, -0.25) is 4.79 Å². The molecule has 0 aliphatic carbocycles. The highest BCUT2D eigenvalue weighted by Gasteiger charge is 2.01. The maximum atomic E-state index is 11.4. The molecule has 0 spiro atoms. The summed E-state index contributed by atoms with van der Waals surface area (Å²) in [7, 11) is 1.53. The molecule has 0 saturated heterocycles. The lowest BCUT2D eigenvalue weighted by Gasteiger charge is -2.05. The van der Waals surface area contributed by atoms with Gasteiger partial charge in [-0.05, 0) is 23.8 Å². The van der Waals surface area contributed by atoms with Crippen molar-refractivity contribution < 1.29 is 19.4 Å². The van der Waals surface area contributed by atoms with Gasteiger partial charge in [-0.2, -0.15) is 0 Å². The third kappa shape index (κ3) is 5.27. The van der Waals surface area contributed by atoms with E-state index in [1.54, 1.807) is 24.3 Å². The van der Waals surface area contributed by atoms with Gasteiger partial charge in [0, 0.05) is 18.9 Å². The van der Waals surface area contributed by atoms with Crippen LogP contribution in [-0.4, -0.2) is 30.7 Å². The Morgan fingerprint density at radius 3 is 2.89 bits per heavy atom. The summed E-state index contributed by atoms with van der Waals surface area (Å²) >= 11 is 0. The lowest BCUT2D eigenvalue weighted by molar-refractivity contribution is -0.131. The van der Waals surface area contributed by atoms with E-state index in [9.17, 15) is 9.59 Å². The Labute approximate surface area is 105 Å². The van der Waals surface area contributed by atoms with Gasteiger partial charge in [0.15, 0.2) is 0 Å². The Morgan fingerprint density at radius 2 is 2.22 bits per heavy atom. The number of hydrogen-bond acceptors (Lipinski definition) is 3. The molecule has 1 amide bonds. The molecule has 0 aliphatic rings. The SMILES string of the molecule is COCCC(=O)Nc1cccc(C=CC(=O)O)c1. The fourth-order valence-electron chi connectivity index (χ4n) is 1.31. The number of nitrogens with one attached hydrogen (secondary N) is 1. The van der Waals surface area contributed by atoms with Crippen molar-refractivity contribution in [1.29, 1.82) is 0 Å². The van der Waals surface area contributed by atoms with Crippen LogP contribution in [0.15, 0.2) is 30.3 Å². The van der Waals surface area contributed by atoms with E-state index in [0.29, 0.717) is 17.9 Å². The average Bonchev–Trinajstić information content (AvgIpc) is 2.34. The predicted molar refractivity (Wildman–Crippen MR) is 68.2 cm³/mol. The highest BCUT2D eigenvalue weighted by Crippen LogP contribution is 2.12. The van der Waals surface area contributed by atoms with Crippen molar-refractivity contribution in [2.24, 2.45) is 0 Å². The number of carbonyl (C=O) groups is 2. The molecule has 5 heteroatoms. The van der Waals surface area contributed by atoms with E-state index in [4.69, 9.17) is 9.84 Å². The first-order valence-electron chi connectivity index (χ1n) is 5.41. The monoisotopic (exact) mass is 249 g/mol. The molecule has 5 nitrogen and oxygen atoms in total. The van der Waals surface area contributed by atoms with Crippen LogP contribution in [0.2, 0.25) is 0 Å². The highest BCUT2D eigenvalue weighted by molar-refractivity contribution is 5.91. The fourth-order valence-corrected chi connectivity index (χ4v) is 1.31. The largest absolute Gasteiger partial charge is 0.478 e. The van der Waals surface area contributed by atoms with Crippen molar-refractivity contribution >= 4 is 23.6 Å². The molecule has 2 N–H and O–H groups in total. The number of carboxylic acids is 1. The van der Waals surface area contributed by atoms with Crippen LogP contribution in [0.5, 0.6) is 0 Å². The molecule has 0 atom stereocenters. The van der Waals surface area contributed by atoms with Gasteiger partial charge in [0.1, 0.15) is 0 Å². The number of methoxy groups -OCH3 is 1. The number of carbonyl (C=O) groups excluding carboxylic acids is 1. The summed E-state index contributed by atoms with van der Waals surface area (Å²) in [6, 6.07) is 6.94. The lowest BCUT2D eigenvalue weighted by atomic mass is 10.2. The van der Waals surface area contributed by atoms with E-state index in [0.717, 1.165) is 6.08 Å². The summed E-state index contributed by atoms with van der Waals surface area (Å²) < 4.78 is 4.80. The summed E-state index contributed by atoms with van der Waals surface area (Å²) in [4.78, 5) is 21.8. The maximum Gasteiger partial charge on any atom is 0.328 e. The van der Waals surface area contributed by atoms with E-state index in [-0.39, 0.29) is 12.3 Å². The van der Waals surface area contributed by atoms with Crippen LogP contribution < -0.4 is 5.32 Å². The number of hydrogen-bond donors (Lipinski definition) is 2. The molecule has 1 aromatic rings. The van der Waals surface area contributed by atoms with Crippen molar-refractivity contribution in [2.45, 2.75) is 6.42 Å². The van der Waals surface area contributed by atoms with Crippen LogP contribution in [0.1, 0.15) is 12.0 Å². The van der Waals surface area contributed by atoms with E-state index in [1.165, 1.54) is 13.2 Å². The maximum absolute atomic E-state index is 11.4. The third-order valence-corrected chi connectivity index (χ3v) is 2.12. The minimum absolute atomic E-state index is 0.142. The molecule has 1 aromatic carbocycles. The molecule has 0 fully saturated rings. The van der Waals surface area contributed by atoms with Gasteiger partial charge >= 0.3 is 5.97 Å². The van der Waals surface area contributed by atoms with Crippen molar-refractivity contribution in [2.75, 3.05) is 19.0 Å². The van der Waals surface area contributed by atoms with Crippen LogP contribution >= 0.6 is 0 Å². The Hall–Kier alpha value is -2.14. The molecule has 0 bridgehead atoms. The van der Waals surface area contributed by atoms with E-state index < -0.39 is 5.97 Å². The normalized spacial score (nSPS) is 10.5. The van der Waals surface area contributed by atoms with Gasteiger partial charge < -0.3 is 15.2 Å². The number of rotatable bonds is 6. The Bertz CT molecular complexity index is 454. The zero-order valence-corrected chi connectivity index (χ0v) is 10.1. The average molecular weight is 249 g/mol. The fraction of sp³-hybridized carbons (Fsp3) is 0.231. The van der Waals surface area contributed by atoms with E-state index in [1.807, 2.05) is 0 Å². The Balaban J connectivity index is 2.64. The first-order chi connectivity index (χ1) is 8.61. The smallest absolute Gasteiger partial charge is 0.328 e. The van der Waals surface area contributed by atoms with Gasteiger partial charge in [0.05, 0.1) is 13.0 Å².